The summed E-state index contributed by atoms with van der Waals surface area (Å²) >= 11 is 0. The molecule has 0 fully saturated rings. The molecular formula is C15H12F3N3O4. The Morgan fingerprint density at radius 1 is 1.20 bits per heavy atom. The standard InChI is InChI=1S/C15H12F3N3O4/c16-11-4-3-10(13(17)14(11)18)15(22)25-7-1-6-19-12-5-2-9(8-20-12)21(23)24/h2-5,8H,1,6-7H2,(H,19,20). The lowest BCUT2D eigenvalue weighted by Gasteiger charge is -2.07. The van der Waals surface area contributed by atoms with Crippen molar-refractivity contribution in [3.8, 4) is 0 Å². The highest BCUT2D eigenvalue weighted by atomic mass is 19.2. The van der Waals surface area contributed by atoms with Crippen molar-refractivity contribution in [3.63, 3.8) is 0 Å². The van der Waals surface area contributed by atoms with Crippen LogP contribution in [0.1, 0.15) is 16.8 Å². The first-order valence-electron chi connectivity index (χ1n) is 7.05. The van der Waals surface area contributed by atoms with Gasteiger partial charge in [0.05, 0.1) is 17.1 Å². The molecule has 132 valence electrons. The van der Waals surface area contributed by atoms with Crippen molar-refractivity contribution >= 4 is 17.5 Å². The molecule has 2 rings (SSSR count). The number of nitro groups is 1. The number of anilines is 1. The second kappa shape index (κ2) is 8.08. The highest BCUT2D eigenvalue weighted by Crippen LogP contribution is 2.16. The van der Waals surface area contributed by atoms with Gasteiger partial charge in [0.25, 0.3) is 5.69 Å². The van der Waals surface area contributed by atoms with E-state index in [1.165, 1.54) is 12.1 Å². The number of hydrogen-bond donors (Lipinski definition) is 1. The second-order valence-electron chi connectivity index (χ2n) is 4.80. The zero-order chi connectivity index (χ0) is 18.4. The van der Waals surface area contributed by atoms with E-state index in [1.807, 2.05) is 0 Å². The zero-order valence-electron chi connectivity index (χ0n) is 12.7. The number of halogens is 3. The van der Waals surface area contributed by atoms with Gasteiger partial charge in [0, 0.05) is 12.6 Å². The molecule has 1 aromatic heterocycles. The van der Waals surface area contributed by atoms with Crippen molar-refractivity contribution in [1.29, 1.82) is 0 Å². The number of pyridine rings is 1. The minimum Gasteiger partial charge on any atom is -0.462 e. The summed E-state index contributed by atoms with van der Waals surface area (Å²) < 4.78 is 44.0. The maximum absolute atomic E-state index is 13.4. The molecule has 0 saturated carbocycles. The molecule has 2 aromatic rings. The topological polar surface area (TPSA) is 94.4 Å². The Bertz CT molecular complexity index is 784. The van der Waals surface area contributed by atoms with Crippen LogP contribution in [0, 0.1) is 27.6 Å². The number of nitrogens with one attached hydrogen (secondary N) is 1. The maximum atomic E-state index is 13.4. The van der Waals surface area contributed by atoms with Gasteiger partial charge in [0.1, 0.15) is 12.0 Å². The van der Waals surface area contributed by atoms with E-state index in [2.05, 4.69) is 10.3 Å². The van der Waals surface area contributed by atoms with Gasteiger partial charge in [-0.3, -0.25) is 10.1 Å². The summed E-state index contributed by atoms with van der Waals surface area (Å²) in [7, 11) is 0. The minimum absolute atomic E-state index is 0.1000. The third-order valence-electron chi connectivity index (χ3n) is 3.07. The summed E-state index contributed by atoms with van der Waals surface area (Å²) in [5, 5.41) is 13.3. The van der Waals surface area contributed by atoms with E-state index >= 15 is 0 Å². The Kier molecular flexibility index (Phi) is 5.88. The van der Waals surface area contributed by atoms with E-state index in [-0.39, 0.29) is 12.3 Å². The number of hydrogen-bond acceptors (Lipinski definition) is 6. The van der Waals surface area contributed by atoms with Crippen LogP contribution in [-0.4, -0.2) is 29.0 Å². The predicted octanol–water partition coefficient (Wildman–Crippen LogP) is 3.07. The SMILES string of the molecule is O=C(OCCCNc1ccc([N+](=O)[O-])cn1)c1ccc(F)c(F)c1F. The zero-order valence-corrected chi connectivity index (χ0v) is 12.7. The molecule has 0 radical (unpaired) electrons. The highest BCUT2D eigenvalue weighted by Gasteiger charge is 2.19. The van der Waals surface area contributed by atoms with Crippen LogP contribution in [0.5, 0.6) is 0 Å². The summed E-state index contributed by atoms with van der Waals surface area (Å²) in [6.45, 7) is 0.218. The molecule has 0 aliphatic rings. The number of nitrogens with zero attached hydrogens (tertiary/aromatic N) is 2. The van der Waals surface area contributed by atoms with Crippen LogP contribution in [-0.2, 0) is 4.74 Å². The normalized spacial score (nSPS) is 10.4. The minimum atomic E-state index is -1.74. The van der Waals surface area contributed by atoms with E-state index in [9.17, 15) is 28.1 Å². The Balaban J connectivity index is 1.77. The molecule has 0 amide bonds. The van der Waals surface area contributed by atoms with Crippen molar-refractivity contribution in [2.75, 3.05) is 18.5 Å². The lowest BCUT2D eigenvalue weighted by Crippen LogP contribution is -2.13. The first-order valence-corrected chi connectivity index (χ1v) is 7.05. The van der Waals surface area contributed by atoms with E-state index in [4.69, 9.17) is 4.74 Å². The Morgan fingerprint density at radius 2 is 1.96 bits per heavy atom. The molecule has 0 spiro atoms. The van der Waals surface area contributed by atoms with E-state index in [0.717, 1.165) is 12.3 Å². The number of carbonyl (C=O) groups excluding carboxylic acids is 1. The first kappa shape index (κ1) is 18.2. The molecular weight excluding hydrogens is 343 g/mol. The van der Waals surface area contributed by atoms with Crippen molar-refractivity contribution in [3.05, 3.63) is 63.6 Å². The van der Waals surface area contributed by atoms with Gasteiger partial charge in [-0.25, -0.2) is 22.9 Å². The number of ether oxygens (including phenoxy) is 1. The van der Waals surface area contributed by atoms with Gasteiger partial charge in [-0.2, -0.15) is 0 Å². The van der Waals surface area contributed by atoms with Crippen molar-refractivity contribution in [1.82, 2.24) is 4.98 Å². The molecule has 0 unspecified atom stereocenters. The van der Waals surface area contributed by atoms with Crippen LogP contribution < -0.4 is 5.32 Å². The molecule has 25 heavy (non-hydrogen) atoms. The number of benzene rings is 1. The number of rotatable bonds is 7. The fraction of sp³-hybridized carbons (Fsp3) is 0.200. The van der Waals surface area contributed by atoms with Gasteiger partial charge in [0.2, 0.25) is 0 Å². The number of esters is 1. The molecule has 1 heterocycles. The van der Waals surface area contributed by atoms with Crippen LogP contribution >= 0.6 is 0 Å². The van der Waals surface area contributed by atoms with Crippen LogP contribution in [0.15, 0.2) is 30.5 Å². The van der Waals surface area contributed by atoms with E-state index in [1.54, 1.807) is 0 Å². The largest absolute Gasteiger partial charge is 0.462 e. The highest BCUT2D eigenvalue weighted by molar-refractivity contribution is 5.89. The van der Waals surface area contributed by atoms with Gasteiger partial charge in [0.15, 0.2) is 17.5 Å². The lowest BCUT2D eigenvalue weighted by atomic mass is 10.2. The van der Waals surface area contributed by atoms with Crippen LogP contribution in [0.2, 0.25) is 0 Å². The first-order chi connectivity index (χ1) is 11.9. The summed E-state index contributed by atoms with van der Waals surface area (Å²) in [6, 6.07) is 4.13. The molecule has 0 aliphatic heterocycles. The summed E-state index contributed by atoms with van der Waals surface area (Å²) in [5.41, 5.74) is -0.836. The fourth-order valence-corrected chi connectivity index (χ4v) is 1.81. The van der Waals surface area contributed by atoms with Gasteiger partial charge in [-0.1, -0.05) is 0 Å². The molecule has 0 aliphatic carbocycles. The average molecular weight is 355 g/mol. The Hall–Kier alpha value is -3.17. The van der Waals surface area contributed by atoms with E-state index < -0.39 is 33.9 Å². The van der Waals surface area contributed by atoms with Crippen LogP contribution in [0.3, 0.4) is 0 Å². The summed E-state index contributed by atoms with van der Waals surface area (Å²) in [6.07, 6.45) is 1.41. The van der Waals surface area contributed by atoms with Gasteiger partial charge >= 0.3 is 5.97 Å². The third-order valence-corrected chi connectivity index (χ3v) is 3.07. The quantitative estimate of drug-likeness (QED) is 0.270. The molecule has 0 saturated heterocycles. The molecule has 0 bridgehead atoms. The second-order valence-corrected chi connectivity index (χ2v) is 4.80. The number of aromatic nitrogens is 1. The number of carbonyl (C=O) groups is 1. The molecule has 10 heteroatoms. The molecule has 7 nitrogen and oxygen atoms in total. The maximum Gasteiger partial charge on any atom is 0.341 e. The van der Waals surface area contributed by atoms with Gasteiger partial charge < -0.3 is 10.1 Å². The van der Waals surface area contributed by atoms with Crippen LogP contribution in [0.25, 0.3) is 0 Å². The lowest BCUT2D eigenvalue weighted by molar-refractivity contribution is -0.385. The molecule has 0 atom stereocenters. The average Bonchev–Trinajstić information content (AvgIpc) is 2.59. The van der Waals surface area contributed by atoms with Crippen molar-refractivity contribution in [2.45, 2.75) is 6.42 Å². The molecule has 1 N–H and O–H groups in total. The Morgan fingerprint density at radius 3 is 2.60 bits per heavy atom. The molecule has 1 aromatic carbocycles. The third kappa shape index (κ3) is 4.66. The Labute approximate surface area is 139 Å². The van der Waals surface area contributed by atoms with Gasteiger partial charge in [-0.05, 0) is 24.6 Å². The summed E-state index contributed by atoms with van der Waals surface area (Å²) in [5.74, 6) is -5.44. The van der Waals surface area contributed by atoms with Crippen molar-refractivity contribution in [2.24, 2.45) is 0 Å². The fourth-order valence-electron chi connectivity index (χ4n) is 1.81. The van der Waals surface area contributed by atoms with E-state index in [0.29, 0.717) is 24.8 Å². The monoisotopic (exact) mass is 355 g/mol. The van der Waals surface area contributed by atoms with Gasteiger partial charge in [-0.15, -0.1) is 0 Å². The smallest absolute Gasteiger partial charge is 0.341 e. The van der Waals surface area contributed by atoms with Crippen molar-refractivity contribution < 1.29 is 27.6 Å². The summed E-state index contributed by atoms with van der Waals surface area (Å²) in [4.78, 5) is 25.3. The van der Waals surface area contributed by atoms with Crippen LogP contribution in [0.4, 0.5) is 24.7 Å². The predicted molar refractivity (Wildman–Crippen MR) is 80.6 cm³/mol.